The molecule has 5 N–H and O–H groups in total. The van der Waals surface area contributed by atoms with Gasteiger partial charge in [0, 0.05) is 0 Å². The van der Waals surface area contributed by atoms with Crippen molar-refractivity contribution in [2.45, 2.75) is 43.0 Å². The maximum absolute atomic E-state index is 10.3. The summed E-state index contributed by atoms with van der Waals surface area (Å²) in [5.74, 6) is 0.227. The van der Waals surface area contributed by atoms with Crippen LogP contribution in [-0.2, 0) is 4.74 Å². The van der Waals surface area contributed by atoms with Gasteiger partial charge in [0.2, 0.25) is 0 Å². The average Bonchev–Trinajstić information content (AvgIpc) is 3.01. The van der Waals surface area contributed by atoms with Crippen LogP contribution in [0.4, 0.5) is 5.82 Å². The van der Waals surface area contributed by atoms with Crippen molar-refractivity contribution in [3.8, 4) is 0 Å². The van der Waals surface area contributed by atoms with Crippen molar-refractivity contribution in [2.75, 3.05) is 5.73 Å². The van der Waals surface area contributed by atoms with E-state index in [1.54, 1.807) is 0 Å². The summed E-state index contributed by atoms with van der Waals surface area (Å²) in [7, 11) is 0. The summed E-state index contributed by atoms with van der Waals surface area (Å²) in [5.41, 5.74) is 5.42. The predicted octanol–water partition coefficient (Wildman–Crippen LogP) is -1.45. The van der Waals surface area contributed by atoms with Crippen molar-refractivity contribution < 1.29 is 20.1 Å². The zero-order valence-electron chi connectivity index (χ0n) is 11.0. The molecular weight excluding hydrogens is 278 g/mol. The highest BCUT2D eigenvalue weighted by Crippen LogP contribution is 2.49. The Morgan fingerprint density at radius 3 is 2.71 bits per heavy atom. The second-order valence-corrected chi connectivity index (χ2v) is 5.54. The van der Waals surface area contributed by atoms with Gasteiger partial charge in [0.1, 0.15) is 29.7 Å². The molecule has 2 aromatic rings. The number of aliphatic hydroxyl groups is 3. The molecule has 5 atom stereocenters. The van der Waals surface area contributed by atoms with E-state index in [1.165, 1.54) is 17.2 Å². The van der Waals surface area contributed by atoms with Gasteiger partial charge in [-0.1, -0.05) is 0 Å². The molecule has 4 rings (SSSR count). The van der Waals surface area contributed by atoms with Gasteiger partial charge in [-0.3, -0.25) is 4.57 Å². The van der Waals surface area contributed by atoms with Crippen LogP contribution in [0.5, 0.6) is 0 Å². The van der Waals surface area contributed by atoms with Gasteiger partial charge in [-0.15, -0.1) is 0 Å². The monoisotopic (exact) mass is 293 g/mol. The number of nitrogens with zero attached hydrogens (tertiary/aromatic N) is 4. The van der Waals surface area contributed by atoms with Crippen LogP contribution in [0.25, 0.3) is 11.2 Å². The first-order valence-electron chi connectivity index (χ1n) is 6.69. The van der Waals surface area contributed by atoms with Crippen LogP contribution >= 0.6 is 0 Å². The van der Waals surface area contributed by atoms with E-state index in [0.29, 0.717) is 24.0 Å². The van der Waals surface area contributed by atoms with Gasteiger partial charge >= 0.3 is 0 Å². The fourth-order valence-corrected chi connectivity index (χ4v) is 3.13. The number of hydrogen-bond acceptors (Lipinski definition) is 8. The number of fused-ring (bicyclic) bond motifs is 1. The first-order valence-corrected chi connectivity index (χ1v) is 6.69. The van der Waals surface area contributed by atoms with Crippen molar-refractivity contribution in [3.63, 3.8) is 0 Å². The molecule has 1 aliphatic carbocycles. The van der Waals surface area contributed by atoms with Crippen LogP contribution in [0.15, 0.2) is 12.7 Å². The van der Waals surface area contributed by atoms with Gasteiger partial charge in [0.15, 0.2) is 17.7 Å². The Kier molecular flexibility index (Phi) is 2.52. The van der Waals surface area contributed by atoms with Crippen LogP contribution < -0.4 is 5.73 Å². The van der Waals surface area contributed by atoms with E-state index < -0.39 is 30.1 Å². The molecule has 0 aromatic carbocycles. The van der Waals surface area contributed by atoms with Gasteiger partial charge in [-0.2, -0.15) is 0 Å². The third kappa shape index (κ3) is 1.51. The Labute approximate surface area is 119 Å². The second kappa shape index (κ2) is 4.10. The molecule has 0 bridgehead atoms. The Hall–Kier alpha value is -1.81. The standard InChI is InChI=1S/C12H15N5O4/c13-9-6-10(15-3-14-9)17(4-16-6)11-7(19)8(20)12(21-11)2-1-5(12)18/h3-5,7-8,11,18-20H,1-2H2,(H2,13,14,15)/t5-,7-,8?,11?,12+/m0/s1. The van der Waals surface area contributed by atoms with Crippen LogP contribution in [0.1, 0.15) is 19.1 Å². The smallest absolute Gasteiger partial charge is 0.167 e. The lowest BCUT2D eigenvalue weighted by Crippen LogP contribution is -2.59. The summed E-state index contributed by atoms with van der Waals surface area (Å²) in [5, 5.41) is 30.4. The minimum Gasteiger partial charge on any atom is -0.390 e. The average molecular weight is 293 g/mol. The van der Waals surface area contributed by atoms with Gasteiger partial charge in [-0.05, 0) is 12.8 Å². The first kappa shape index (κ1) is 12.9. The highest BCUT2D eigenvalue weighted by atomic mass is 16.6. The quantitative estimate of drug-likeness (QED) is 0.501. The number of ether oxygens (including phenoxy) is 1. The molecule has 21 heavy (non-hydrogen) atoms. The molecule has 9 nitrogen and oxygen atoms in total. The molecule has 2 aromatic heterocycles. The summed E-state index contributed by atoms with van der Waals surface area (Å²) in [6.45, 7) is 0. The molecule has 1 spiro atoms. The predicted molar refractivity (Wildman–Crippen MR) is 69.8 cm³/mol. The van der Waals surface area contributed by atoms with E-state index >= 15 is 0 Å². The summed E-state index contributed by atoms with van der Waals surface area (Å²) in [6, 6.07) is 0. The number of imidazole rings is 1. The molecule has 1 saturated carbocycles. The number of hydrogen-bond donors (Lipinski definition) is 4. The summed E-state index contributed by atoms with van der Waals surface area (Å²) in [6.07, 6.45) is -0.266. The molecule has 1 saturated heterocycles. The number of nitrogen functional groups attached to an aromatic ring is 1. The van der Waals surface area contributed by atoms with Gasteiger partial charge in [0.05, 0.1) is 12.4 Å². The van der Waals surface area contributed by atoms with Crippen molar-refractivity contribution in [3.05, 3.63) is 12.7 Å². The largest absolute Gasteiger partial charge is 0.390 e. The third-order valence-electron chi connectivity index (χ3n) is 4.49. The topological polar surface area (TPSA) is 140 Å². The van der Waals surface area contributed by atoms with Crippen molar-refractivity contribution in [1.29, 1.82) is 0 Å². The maximum Gasteiger partial charge on any atom is 0.167 e. The van der Waals surface area contributed by atoms with Crippen LogP contribution in [0.3, 0.4) is 0 Å². The maximum atomic E-state index is 10.3. The zero-order chi connectivity index (χ0) is 14.8. The third-order valence-corrected chi connectivity index (χ3v) is 4.49. The minimum absolute atomic E-state index is 0.227. The molecular formula is C12H15N5O4. The molecule has 2 unspecified atom stereocenters. The van der Waals surface area contributed by atoms with Gasteiger partial charge in [-0.25, -0.2) is 15.0 Å². The van der Waals surface area contributed by atoms with Crippen LogP contribution in [0.2, 0.25) is 0 Å². The molecule has 1 aliphatic heterocycles. The van der Waals surface area contributed by atoms with Crippen molar-refractivity contribution in [2.24, 2.45) is 0 Å². The normalized spacial score (nSPS) is 39.0. The van der Waals surface area contributed by atoms with E-state index in [4.69, 9.17) is 10.5 Å². The molecule has 112 valence electrons. The van der Waals surface area contributed by atoms with Gasteiger partial charge < -0.3 is 25.8 Å². The number of aliphatic hydroxyl groups excluding tert-OH is 3. The van der Waals surface area contributed by atoms with E-state index in [9.17, 15) is 15.3 Å². The fraction of sp³-hybridized carbons (Fsp3) is 0.583. The molecule has 2 fully saturated rings. The van der Waals surface area contributed by atoms with E-state index in [2.05, 4.69) is 15.0 Å². The summed E-state index contributed by atoms with van der Waals surface area (Å²) >= 11 is 0. The van der Waals surface area contributed by atoms with Crippen molar-refractivity contribution >= 4 is 17.0 Å². The van der Waals surface area contributed by atoms with E-state index in [0.717, 1.165) is 0 Å². The molecule has 2 aliphatic rings. The number of aromatic nitrogens is 4. The Balaban J connectivity index is 1.78. The Morgan fingerprint density at radius 1 is 1.29 bits per heavy atom. The minimum atomic E-state index is -1.19. The number of rotatable bonds is 1. The Morgan fingerprint density at radius 2 is 2.10 bits per heavy atom. The SMILES string of the molecule is Nc1ncnc2c1ncn2C1O[C@@]2(CC[C@@H]2O)C(O)[C@@H]1O. The lowest BCUT2D eigenvalue weighted by Gasteiger charge is -2.44. The molecule has 0 radical (unpaired) electrons. The zero-order valence-corrected chi connectivity index (χ0v) is 11.0. The van der Waals surface area contributed by atoms with Gasteiger partial charge in [0.25, 0.3) is 0 Å². The first-order chi connectivity index (χ1) is 10.0. The number of nitrogens with two attached hydrogens (primary N) is 1. The highest BCUT2D eigenvalue weighted by Gasteiger charge is 2.63. The molecule has 0 amide bonds. The number of anilines is 1. The lowest BCUT2D eigenvalue weighted by atomic mass is 9.73. The summed E-state index contributed by atoms with van der Waals surface area (Å²) < 4.78 is 7.29. The Bertz CT molecular complexity index is 706. The lowest BCUT2D eigenvalue weighted by molar-refractivity contribution is -0.213. The van der Waals surface area contributed by atoms with Crippen LogP contribution in [0, 0.1) is 0 Å². The molecule has 9 heteroatoms. The second-order valence-electron chi connectivity index (χ2n) is 5.54. The fourth-order valence-electron chi connectivity index (χ4n) is 3.13. The summed E-state index contributed by atoms with van der Waals surface area (Å²) in [4.78, 5) is 12.0. The van der Waals surface area contributed by atoms with E-state index in [-0.39, 0.29) is 5.82 Å². The van der Waals surface area contributed by atoms with Crippen LogP contribution in [-0.4, -0.2) is 58.8 Å². The molecule has 3 heterocycles. The van der Waals surface area contributed by atoms with Crippen molar-refractivity contribution in [1.82, 2.24) is 19.5 Å². The highest BCUT2D eigenvalue weighted by molar-refractivity contribution is 5.81. The van der Waals surface area contributed by atoms with E-state index in [1.807, 2.05) is 0 Å².